The third kappa shape index (κ3) is 5.29. The first-order chi connectivity index (χ1) is 9.37. The average molecular weight is 276 g/mol. The first-order valence-corrected chi connectivity index (χ1v) is 7.30. The summed E-state index contributed by atoms with van der Waals surface area (Å²) < 4.78 is 0. The second-order valence-corrected chi connectivity index (χ2v) is 6.12. The van der Waals surface area contributed by atoms with Gasteiger partial charge in [0.25, 0.3) is 0 Å². The van der Waals surface area contributed by atoms with E-state index in [4.69, 9.17) is 0 Å². The van der Waals surface area contributed by atoms with Gasteiger partial charge in [-0.1, -0.05) is 13.0 Å². The Bertz CT molecular complexity index is 435. The third-order valence-electron chi connectivity index (χ3n) is 3.00. The van der Waals surface area contributed by atoms with Crippen molar-refractivity contribution in [2.45, 2.75) is 53.1 Å². The van der Waals surface area contributed by atoms with Gasteiger partial charge in [0.1, 0.15) is 0 Å². The molecule has 4 nitrogen and oxygen atoms in total. The maximum Gasteiger partial charge on any atom is 0.225 e. The lowest BCUT2D eigenvalue weighted by molar-refractivity contribution is 0.423. The van der Waals surface area contributed by atoms with E-state index >= 15 is 0 Å². The van der Waals surface area contributed by atoms with Crippen LogP contribution in [0.3, 0.4) is 0 Å². The van der Waals surface area contributed by atoms with Crippen LogP contribution >= 0.6 is 0 Å². The van der Waals surface area contributed by atoms with Gasteiger partial charge in [-0.2, -0.15) is 0 Å². The Morgan fingerprint density at radius 3 is 2.60 bits per heavy atom. The lowest BCUT2D eigenvalue weighted by atomic mass is 10.1. The minimum Gasteiger partial charge on any atom is -0.337 e. The van der Waals surface area contributed by atoms with Crippen molar-refractivity contribution in [1.82, 2.24) is 15.3 Å². The number of aromatic nitrogens is 2. The molecule has 0 aliphatic carbocycles. The number of hydrogen-bond acceptors (Lipinski definition) is 4. The second kappa shape index (κ2) is 7.39. The van der Waals surface area contributed by atoms with Gasteiger partial charge in [0.15, 0.2) is 0 Å². The SMILES string of the molecule is C=CCN(CCC)c1ncc(CNC(C)(C)C)c(C)n1. The Morgan fingerprint density at radius 2 is 2.10 bits per heavy atom. The highest BCUT2D eigenvalue weighted by atomic mass is 15.2. The van der Waals surface area contributed by atoms with Gasteiger partial charge in [0.2, 0.25) is 5.95 Å². The molecule has 0 bridgehead atoms. The van der Waals surface area contributed by atoms with Crippen LogP contribution < -0.4 is 10.2 Å². The van der Waals surface area contributed by atoms with Crippen molar-refractivity contribution in [2.75, 3.05) is 18.0 Å². The minimum absolute atomic E-state index is 0.0994. The highest BCUT2D eigenvalue weighted by Crippen LogP contribution is 2.13. The molecule has 1 heterocycles. The van der Waals surface area contributed by atoms with Crippen LogP contribution in [-0.4, -0.2) is 28.6 Å². The quantitative estimate of drug-likeness (QED) is 0.777. The highest BCUT2D eigenvalue weighted by Gasteiger charge is 2.12. The van der Waals surface area contributed by atoms with Crippen LogP contribution in [0.1, 0.15) is 45.4 Å². The van der Waals surface area contributed by atoms with E-state index in [9.17, 15) is 0 Å². The van der Waals surface area contributed by atoms with E-state index in [2.05, 4.69) is 54.5 Å². The van der Waals surface area contributed by atoms with Gasteiger partial charge in [-0.15, -0.1) is 6.58 Å². The van der Waals surface area contributed by atoms with E-state index in [1.54, 1.807) is 0 Å². The Balaban J connectivity index is 2.82. The van der Waals surface area contributed by atoms with Crippen LogP contribution in [0.5, 0.6) is 0 Å². The summed E-state index contributed by atoms with van der Waals surface area (Å²) in [6.45, 7) is 17.0. The van der Waals surface area contributed by atoms with Crippen molar-refractivity contribution in [3.8, 4) is 0 Å². The molecule has 0 aliphatic heterocycles. The summed E-state index contributed by atoms with van der Waals surface area (Å²) in [5.41, 5.74) is 2.29. The summed E-state index contributed by atoms with van der Waals surface area (Å²) in [5, 5.41) is 3.47. The molecule has 0 aromatic carbocycles. The molecule has 0 saturated heterocycles. The molecular weight excluding hydrogens is 248 g/mol. The van der Waals surface area contributed by atoms with Crippen LogP contribution in [-0.2, 0) is 6.54 Å². The van der Waals surface area contributed by atoms with Crippen molar-refractivity contribution in [2.24, 2.45) is 0 Å². The molecule has 0 unspecified atom stereocenters. The van der Waals surface area contributed by atoms with Crippen LogP contribution in [0, 0.1) is 6.92 Å². The third-order valence-corrected chi connectivity index (χ3v) is 3.00. The van der Waals surface area contributed by atoms with E-state index in [0.29, 0.717) is 0 Å². The summed E-state index contributed by atoms with van der Waals surface area (Å²) >= 11 is 0. The molecule has 0 aliphatic rings. The largest absolute Gasteiger partial charge is 0.337 e. The van der Waals surface area contributed by atoms with Crippen molar-refractivity contribution in [3.05, 3.63) is 30.1 Å². The smallest absolute Gasteiger partial charge is 0.225 e. The summed E-state index contributed by atoms with van der Waals surface area (Å²) in [6.07, 6.45) is 4.90. The van der Waals surface area contributed by atoms with E-state index in [-0.39, 0.29) is 5.54 Å². The number of hydrogen-bond donors (Lipinski definition) is 1. The topological polar surface area (TPSA) is 41.1 Å². The second-order valence-electron chi connectivity index (χ2n) is 6.12. The Labute approximate surface area is 123 Å². The fourth-order valence-electron chi connectivity index (χ4n) is 1.86. The molecule has 0 atom stereocenters. The molecule has 0 saturated carbocycles. The number of rotatable bonds is 7. The zero-order valence-corrected chi connectivity index (χ0v) is 13.5. The van der Waals surface area contributed by atoms with Gasteiger partial charge >= 0.3 is 0 Å². The molecule has 1 rings (SSSR count). The lowest BCUT2D eigenvalue weighted by Gasteiger charge is -2.23. The van der Waals surface area contributed by atoms with Crippen LogP contribution in [0.2, 0.25) is 0 Å². The summed E-state index contributed by atoms with van der Waals surface area (Å²) in [7, 11) is 0. The van der Waals surface area contributed by atoms with Crippen molar-refractivity contribution >= 4 is 5.95 Å². The average Bonchev–Trinajstić information content (AvgIpc) is 2.36. The van der Waals surface area contributed by atoms with Crippen LogP contribution in [0.4, 0.5) is 5.95 Å². The zero-order valence-electron chi connectivity index (χ0n) is 13.5. The summed E-state index contributed by atoms with van der Waals surface area (Å²) in [5.74, 6) is 0.795. The molecule has 112 valence electrons. The van der Waals surface area contributed by atoms with Gasteiger partial charge in [0.05, 0.1) is 0 Å². The van der Waals surface area contributed by atoms with E-state index in [1.165, 1.54) is 0 Å². The summed E-state index contributed by atoms with van der Waals surface area (Å²) in [6, 6.07) is 0. The van der Waals surface area contributed by atoms with Crippen molar-refractivity contribution < 1.29 is 0 Å². The van der Waals surface area contributed by atoms with Crippen LogP contribution in [0.15, 0.2) is 18.9 Å². The van der Waals surface area contributed by atoms with Gasteiger partial charge in [-0.05, 0) is 34.1 Å². The number of anilines is 1. The molecule has 0 fully saturated rings. The maximum atomic E-state index is 4.64. The molecule has 0 radical (unpaired) electrons. The van der Waals surface area contributed by atoms with Gasteiger partial charge in [0, 0.05) is 42.6 Å². The Hall–Kier alpha value is -1.42. The van der Waals surface area contributed by atoms with Crippen LogP contribution in [0.25, 0.3) is 0 Å². The predicted octanol–water partition coefficient (Wildman–Crippen LogP) is 3.08. The molecule has 1 aromatic rings. The normalized spacial score (nSPS) is 11.4. The Morgan fingerprint density at radius 1 is 1.40 bits per heavy atom. The number of nitrogens with one attached hydrogen (secondary N) is 1. The molecule has 4 heteroatoms. The molecule has 1 N–H and O–H groups in total. The number of nitrogens with zero attached hydrogens (tertiary/aromatic N) is 3. The van der Waals surface area contributed by atoms with Gasteiger partial charge < -0.3 is 10.2 Å². The fourth-order valence-corrected chi connectivity index (χ4v) is 1.86. The molecular formula is C16H28N4. The lowest BCUT2D eigenvalue weighted by Crippen LogP contribution is -2.35. The van der Waals surface area contributed by atoms with E-state index < -0.39 is 0 Å². The predicted molar refractivity (Wildman–Crippen MR) is 86.1 cm³/mol. The van der Waals surface area contributed by atoms with Crippen molar-refractivity contribution in [3.63, 3.8) is 0 Å². The Kier molecular flexibility index (Phi) is 6.14. The van der Waals surface area contributed by atoms with Crippen molar-refractivity contribution in [1.29, 1.82) is 0 Å². The first kappa shape index (κ1) is 16.6. The van der Waals surface area contributed by atoms with Gasteiger partial charge in [-0.25, -0.2) is 9.97 Å². The minimum atomic E-state index is 0.0994. The first-order valence-electron chi connectivity index (χ1n) is 7.30. The fraction of sp³-hybridized carbons (Fsp3) is 0.625. The zero-order chi connectivity index (χ0) is 15.2. The van der Waals surface area contributed by atoms with E-state index in [1.807, 2.05) is 19.2 Å². The van der Waals surface area contributed by atoms with Gasteiger partial charge in [-0.3, -0.25) is 0 Å². The molecule has 1 aromatic heterocycles. The maximum absolute atomic E-state index is 4.64. The van der Waals surface area contributed by atoms with E-state index in [0.717, 1.165) is 43.3 Å². The molecule has 0 amide bonds. The highest BCUT2D eigenvalue weighted by molar-refractivity contribution is 5.33. The number of aryl methyl sites for hydroxylation is 1. The molecule has 20 heavy (non-hydrogen) atoms. The molecule has 0 spiro atoms. The summed E-state index contributed by atoms with van der Waals surface area (Å²) in [4.78, 5) is 11.3. The monoisotopic (exact) mass is 276 g/mol. The standard InChI is InChI=1S/C16H28N4/c1-7-9-20(10-8-2)15-17-11-14(13(3)19-15)12-18-16(4,5)6/h7,11,18H,1,8-10,12H2,2-6H3.